The fourth-order valence-electron chi connectivity index (χ4n) is 8.96. The van der Waals surface area contributed by atoms with Gasteiger partial charge in [-0.2, -0.15) is 0 Å². The Kier molecular flexibility index (Phi) is 7.67. The molecule has 3 aliphatic rings. The molecule has 7 aromatic carbocycles. The van der Waals surface area contributed by atoms with Crippen LogP contribution in [0.4, 0.5) is 22.7 Å². The van der Waals surface area contributed by atoms with Crippen LogP contribution < -0.4 is 14.7 Å². The van der Waals surface area contributed by atoms with Crippen LogP contribution in [0.25, 0.3) is 54.6 Å². The number of para-hydroxylation sites is 1. The van der Waals surface area contributed by atoms with Gasteiger partial charge in [-0.25, -0.2) is 0 Å². The van der Waals surface area contributed by atoms with E-state index in [0.717, 1.165) is 26.2 Å². The van der Waals surface area contributed by atoms with E-state index in [2.05, 4.69) is 143 Å². The van der Waals surface area contributed by atoms with Gasteiger partial charge in [-0.1, -0.05) is 78.5 Å². The first-order valence-electron chi connectivity index (χ1n) is 18.9. The van der Waals surface area contributed by atoms with Crippen LogP contribution in [0.2, 0.25) is 0 Å². The van der Waals surface area contributed by atoms with E-state index in [9.17, 15) is 0 Å². The summed E-state index contributed by atoms with van der Waals surface area (Å²) in [5.74, 6) is 0. The number of fused-ring (bicyclic) bond motifs is 5. The van der Waals surface area contributed by atoms with Crippen molar-refractivity contribution in [3.8, 4) is 22.3 Å². The lowest BCUT2D eigenvalue weighted by molar-refractivity contribution is 0.578. The van der Waals surface area contributed by atoms with Gasteiger partial charge in [0.25, 0.3) is 0 Å². The molecule has 0 spiro atoms. The van der Waals surface area contributed by atoms with Crippen LogP contribution in [0.15, 0.2) is 131 Å². The second kappa shape index (κ2) is 12.7. The number of rotatable bonds is 4. The van der Waals surface area contributed by atoms with Crippen molar-refractivity contribution in [1.29, 1.82) is 0 Å². The van der Waals surface area contributed by atoms with Crippen LogP contribution >= 0.6 is 11.8 Å². The number of piperidine rings is 2. The van der Waals surface area contributed by atoms with Crippen LogP contribution in [0, 0.1) is 0 Å². The Morgan fingerprint density at radius 2 is 0.980 bits per heavy atom. The lowest BCUT2D eigenvalue weighted by atomic mass is 9.84. The van der Waals surface area contributed by atoms with E-state index in [1.54, 1.807) is 0 Å². The SMILES string of the molecule is CN1c2ccccc2Sc2ccc(-c3c4ccc(N5CCCCC5)cc4c(-c4ccc5ccccc5c4)c4ccc(N5CCCCC5)cc34)cc21. The third-order valence-electron chi connectivity index (χ3n) is 11.6. The third kappa shape index (κ3) is 5.34. The second-order valence-electron chi connectivity index (χ2n) is 14.7. The molecule has 0 bridgehead atoms. The molecule has 0 amide bonds. The molecule has 10 rings (SSSR count). The van der Waals surface area contributed by atoms with Crippen molar-refractivity contribution < 1.29 is 0 Å². The van der Waals surface area contributed by atoms with Crippen molar-refractivity contribution in [3.05, 3.63) is 121 Å². The quantitative estimate of drug-likeness (QED) is 0.171. The Bertz CT molecular complexity index is 2450. The summed E-state index contributed by atoms with van der Waals surface area (Å²) in [5, 5.41) is 7.90. The molecule has 7 aromatic rings. The maximum Gasteiger partial charge on any atom is 0.0556 e. The molecule has 51 heavy (non-hydrogen) atoms. The monoisotopic (exact) mass is 681 g/mol. The number of anilines is 4. The van der Waals surface area contributed by atoms with E-state index in [1.807, 2.05) is 11.8 Å². The van der Waals surface area contributed by atoms with E-state index < -0.39 is 0 Å². The molecular formula is C47H43N3S. The Balaban J connectivity index is 1.27. The Morgan fingerprint density at radius 3 is 1.65 bits per heavy atom. The fraction of sp³-hybridized carbons (Fsp3) is 0.234. The maximum atomic E-state index is 2.61. The Hall–Kier alpha value is -4.93. The molecule has 3 nitrogen and oxygen atoms in total. The van der Waals surface area contributed by atoms with Crippen molar-refractivity contribution in [2.75, 3.05) is 47.9 Å². The molecule has 0 unspecified atom stereocenters. The van der Waals surface area contributed by atoms with E-state index >= 15 is 0 Å². The molecule has 3 aliphatic heterocycles. The second-order valence-corrected chi connectivity index (χ2v) is 15.8. The maximum absolute atomic E-state index is 2.61. The van der Waals surface area contributed by atoms with Gasteiger partial charge in [-0.15, -0.1) is 0 Å². The minimum absolute atomic E-state index is 1.13. The summed E-state index contributed by atoms with van der Waals surface area (Å²) in [7, 11) is 2.22. The summed E-state index contributed by atoms with van der Waals surface area (Å²) in [6, 6.07) is 46.5. The van der Waals surface area contributed by atoms with Crippen molar-refractivity contribution >= 4 is 66.8 Å². The van der Waals surface area contributed by atoms with Gasteiger partial charge >= 0.3 is 0 Å². The van der Waals surface area contributed by atoms with Crippen LogP contribution in [-0.4, -0.2) is 33.2 Å². The van der Waals surface area contributed by atoms with Crippen LogP contribution in [-0.2, 0) is 0 Å². The first-order chi connectivity index (χ1) is 25.2. The summed E-state index contributed by atoms with van der Waals surface area (Å²) >= 11 is 1.88. The normalized spacial score (nSPS) is 16.1. The predicted molar refractivity (Wildman–Crippen MR) is 221 cm³/mol. The van der Waals surface area contributed by atoms with E-state index in [0.29, 0.717) is 0 Å². The molecule has 4 heteroatoms. The first-order valence-corrected chi connectivity index (χ1v) is 19.7. The summed E-state index contributed by atoms with van der Waals surface area (Å²) < 4.78 is 0. The summed E-state index contributed by atoms with van der Waals surface area (Å²) in [6.07, 6.45) is 7.72. The third-order valence-corrected chi connectivity index (χ3v) is 12.7. The smallest absolute Gasteiger partial charge is 0.0556 e. The highest BCUT2D eigenvalue weighted by Gasteiger charge is 2.24. The van der Waals surface area contributed by atoms with E-state index in [4.69, 9.17) is 0 Å². The molecular weight excluding hydrogens is 639 g/mol. The lowest BCUT2D eigenvalue weighted by Crippen LogP contribution is -2.29. The highest BCUT2D eigenvalue weighted by molar-refractivity contribution is 7.99. The predicted octanol–water partition coefficient (Wildman–Crippen LogP) is 12.7. The molecule has 0 aromatic heterocycles. The van der Waals surface area contributed by atoms with Gasteiger partial charge in [-0.05, 0) is 148 Å². The highest BCUT2D eigenvalue weighted by atomic mass is 32.2. The lowest BCUT2D eigenvalue weighted by Gasteiger charge is -2.31. The van der Waals surface area contributed by atoms with Crippen molar-refractivity contribution in [3.63, 3.8) is 0 Å². The first kappa shape index (κ1) is 30.9. The molecule has 0 aliphatic carbocycles. The Labute approximate surface area is 305 Å². The standard InChI is InChI=1S/C47H43N3S/c1-48-42-14-6-7-15-44(42)51-45-23-18-35(29-43(45)48)47-39-22-20-36(49-24-8-2-9-25-49)30-40(39)46(34-17-16-32-12-4-5-13-33(32)28-34)38-21-19-37(31-41(38)47)50-26-10-3-11-27-50/h4-7,12-23,28-31H,2-3,8-11,24-27H2,1H3. The van der Waals surface area contributed by atoms with Crippen molar-refractivity contribution in [2.45, 2.75) is 48.3 Å². The van der Waals surface area contributed by atoms with E-state index in [-0.39, 0.29) is 0 Å². The van der Waals surface area contributed by atoms with Crippen LogP contribution in [0.1, 0.15) is 38.5 Å². The van der Waals surface area contributed by atoms with Gasteiger partial charge in [0, 0.05) is 54.4 Å². The average Bonchev–Trinajstić information content (AvgIpc) is 3.20. The average molecular weight is 682 g/mol. The zero-order valence-corrected chi connectivity index (χ0v) is 30.2. The highest BCUT2D eigenvalue weighted by Crippen LogP contribution is 2.51. The Morgan fingerprint density at radius 1 is 0.431 bits per heavy atom. The minimum atomic E-state index is 1.13. The number of benzene rings is 7. The molecule has 0 N–H and O–H groups in total. The molecule has 252 valence electrons. The molecule has 2 saturated heterocycles. The summed E-state index contributed by atoms with van der Waals surface area (Å²) in [4.78, 5) is 10.2. The zero-order chi connectivity index (χ0) is 33.9. The topological polar surface area (TPSA) is 9.72 Å². The molecule has 2 fully saturated rings. The molecule has 0 saturated carbocycles. The van der Waals surface area contributed by atoms with Crippen LogP contribution in [0.3, 0.4) is 0 Å². The van der Waals surface area contributed by atoms with Gasteiger partial charge in [0.15, 0.2) is 0 Å². The van der Waals surface area contributed by atoms with Gasteiger partial charge in [-0.3, -0.25) is 0 Å². The number of hydrogen-bond acceptors (Lipinski definition) is 4. The van der Waals surface area contributed by atoms with Crippen LogP contribution in [0.5, 0.6) is 0 Å². The minimum Gasteiger partial charge on any atom is -0.372 e. The zero-order valence-electron chi connectivity index (χ0n) is 29.4. The summed E-state index contributed by atoms with van der Waals surface area (Å²) in [6.45, 7) is 4.52. The number of nitrogens with zero attached hydrogens (tertiary/aromatic N) is 3. The van der Waals surface area contributed by atoms with Gasteiger partial charge in [0.1, 0.15) is 0 Å². The van der Waals surface area contributed by atoms with Gasteiger partial charge in [0.05, 0.1) is 11.4 Å². The molecule has 0 atom stereocenters. The van der Waals surface area contributed by atoms with Gasteiger partial charge in [0.2, 0.25) is 0 Å². The van der Waals surface area contributed by atoms with Gasteiger partial charge < -0.3 is 14.7 Å². The summed E-state index contributed by atoms with van der Waals surface area (Å²) in [5.41, 5.74) is 10.5. The fourth-order valence-corrected chi connectivity index (χ4v) is 10.1. The van der Waals surface area contributed by atoms with Crippen molar-refractivity contribution in [2.24, 2.45) is 0 Å². The molecule has 0 radical (unpaired) electrons. The van der Waals surface area contributed by atoms with E-state index in [1.165, 1.54) is 126 Å². The molecule has 3 heterocycles. The van der Waals surface area contributed by atoms with Crippen molar-refractivity contribution in [1.82, 2.24) is 0 Å². The largest absolute Gasteiger partial charge is 0.372 e. The number of hydrogen-bond donors (Lipinski definition) is 0.